The Morgan fingerprint density at radius 3 is 2.35 bits per heavy atom. The van der Waals surface area contributed by atoms with Gasteiger partial charge in [-0.2, -0.15) is 0 Å². The van der Waals surface area contributed by atoms with Crippen molar-refractivity contribution in [2.24, 2.45) is 0 Å². The Morgan fingerprint density at radius 1 is 1.25 bits per heavy atom. The number of aryl methyl sites for hydroxylation is 1. The third-order valence-corrected chi connectivity index (χ3v) is 3.12. The van der Waals surface area contributed by atoms with E-state index in [1.54, 1.807) is 19.1 Å². The number of aromatic carboxylic acids is 1. The number of nitro groups is 1. The number of carboxylic acid groups (broad SMARTS) is 1. The molecule has 0 atom stereocenters. The van der Waals surface area contributed by atoms with Crippen molar-refractivity contribution in [1.82, 2.24) is 4.98 Å². The number of hydrogen-bond donors (Lipinski definition) is 1. The van der Waals surface area contributed by atoms with Gasteiger partial charge < -0.3 is 5.11 Å². The van der Waals surface area contributed by atoms with Gasteiger partial charge in [0.15, 0.2) is 0 Å². The van der Waals surface area contributed by atoms with Gasteiger partial charge in [0.2, 0.25) is 0 Å². The number of benzene rings is 1. The second-order valence-electron chi connectivity index (χ2n) is 4.37. The Balaban J connectivity index is 2.56. The number of pyridine rings is 1. The summed E-state index contributed by atoms with van der Waals surface area (Å²) in [6, 6.07) is 7.47. The molecule has 102 valence electrons. The standard InChI is InChI=1S/C14H12N2O4/c1-8-9(2)15-13(14(17)18)7-12(8)10-3-5-11(6-4-10)16(19)20/h3-7H,1-2H3,(H,17,18). The molecule has 0 aliphatic heterocycles. The minimum absolute atomic E-state index is 0.00404. The third kappa shape index (κ3) is 2.49. The van der Waals surface area contributed by atoms with Crippen LogP contribution in [0.5, 0.6) is 0 Å². The van der Waals surface area contributed by atoms with Gasteiger partial charge in [0, 0.05) is 17.8 Å². The van der Waals surface area contributed by atoms with Crippen molar-refractivity contribution in [2.45, 2.75) is 13.8 Å². The van der Waals surface area contributed by atoms with E-state index >= 15 is 0 Å². The van der Waals surface area contributed by atoms with E-state index < -0.39 is 10.9 Å². The number of carbonyl (C=O) groups is 1. The molecule has 0 aliphatic rings. The quantitative estimate of drug-likeness (QED) is 0.684. The molecule has 0 aliphatic carbocycles. The first-order valence-electron chi connectivity index (χ1n) is 5.86. The molecule has 0 spiro atoms. The summed E-state index contributed by atoms with van der Waals surface area (Å²) in [7, 11) is 0. The van der Waals surface area contributed by atoms with Crippen LogP contribution in [0.3, 0.4) is 0 Å². The monoisotopic (exact) mass is 272 g/mol. The van der Waals surface area contributed by atoms with Crippen molar-refractivity contribution < 1.29 is 14.8 Å². The molecule has 6 heteroatoms. The molecule has 0 saturated heterocycles. The van der Waals surface area contributed by atoms with Gasteiger partial charge >= 0.3 is 5.97 Å². The van der Waals surface area contributed by atoms with E-state index in [4.69, 9.17) is 5.11 Å². The number of aromatic nitrogens is 1. The van der Waals surface area contributed by atoms with Gasteiger partial charge in [-0.25, -0.2) is 9.78 Å². The fourth-order valence-electron chi connectivity index (χ4n) is 1.91. The van der Waals surface area contributed by atoms with E-state index in [1.165, 1.54) is 18.2 Å². The molecule has 0 radical (unpaired) electrons. The van der Waals surface area contributed by atoms with Crippen LogP contribution in [0, 0.1) is 24.0 Å². The van der Waals surface area contributed by atoms with E-state index in [1.807, 2.05) is 6.92 Å². The van der Waals surface area contributed by atoms with Crippen LogP contribution in [-0.4, -0.2) is 21.0 Å². The first-order valence-corrected chi connectivity index (χ1v) is 5.86. The lowest BCUT2D eigenvalue weighted by atomic mass is 9.99. The first-order chi connectivity index (χ1) is 9.40. The molecule has 20 heavy (non-hydrogen) atoms. The second-order valence-corrected chi connectivity index (χ2v) is 4.37. The maximum Gasteiger partial charge on any atom is 0.354 e. The molecule has 2 rings (SSSR count). The Hall–Kier alpha value is -2.76. The van der Waals surface area contributed by atoms with Crippen LogP contribution >= 0.6 is 0 Å². The van der Waals surface area contributed by atoms with Gasteiger partial charge in [0.05, 0.1) is 4.92 Å². The topological polar surface area (TPSA) is 93.3 Å². The van der Waals surface area contributed by atoms with Crippen LogP contribution < -0.4 is 0 Å². The molecule has 6 nitrogen and oxygen atoms in total. The third-order valence-electron chi connectivity index (χ3n) is 3.12. The summed E-state index contributed by atoms with van der Waals surface area (Å²) in [5, 5.41) is 19.7. The zero-order valence-corrected chi connectivity index (χ0v) is 11.0. The van der Waals surface area contributed by atoms with E-state index in [0.717, 1.165) is 11.1 Å². The maximum atomic E-state index is 11.0. The molecule has 0 unspecified atom stereocenters. The van der Waals surface area contributed by atoms with Crippen LogP contribution in [0.15, 0.2) is 30.3 Å². The Labute approximate surface area is 114 Å². The predicted octanol–water partition coefficient (Wildman–Crippen LogP) is 2.97. The van der Waals surface area contributed by atoms with Crippen molar-refractivity contribution in [3.8, 4) is 11.1 Å². The number of non-ortho nitro benzene ring substituents is 1. The van der Waals surface area contributed by atoms with Gasteiger partial charge in [-0.05, 0) is 48.7 Å². The van der Waals surface area contributed by atoms with E-state index in [2.05, 4.69) is 4.98 Å². The van der Waals surface area contributed by atoms with Gasteiger partial charge in [-0.3, -0.25) is 10.1 Å². The van der Waals surface area contributed by atoms with E-state index in [-0.39, 0.29) is 11.4 Å². The number of rotatable bonds is 3. The zero-order chi connectivity index (χ0) is 14.9. The van der Waals surface area contributed by atoms with Gasteiger partial charge in [-0.1, -0.05) is 0 Å². The fraction of sp³-hybridized carbons (Fsp3) is 0.143. The summed E-state index contributed by atoms with van der Waals surface area (Å²) in [5.41, 5.74) is 2.87. The molecule has 1 aromatic carbocycles. The minimum Gasteiger partial charge on any atom is -0.477 e. The molecular weight excluding hydrogens is 260 g/mol. The summed E-state index contributed by atoms with van der Waals surface area (Å²) in [6.45, 7) is 3.57. The van der Waals surface area contributed by atoms with Crippen LogP contribution in [0.1, 0.15) is 21.7 Å². The number of nitrogens with zero attached hydrogens (tertiary/aromatic N) is 2. The lowest BCUT2D eigenvalue weighted by Gasteiger charge is -2.09. The summed E-state index contributed by atoms with van der Waals surface area (Å²) in [5.74, 6) is -1.10. The SMILES string of the molecule is Cc1nc(C(=O)O)cc(-c2ccc([N+](=O)[O-])cc2)c1C. The average Bonchev–Trinajstić information content (AvgIpc) is 2.41. The summed E-state index contributed by atoms with van der Waals surface area (Å²) in [4.78, 5) is 25.2. The van der Waals surface area contributed by atoms with Gasteiger partial charge in [0.1, 0.15) is 5.69 Å². The van der Waals surface area contributed by atoms with Crippen LogP contribution in [0.2, 0.25) is 0 Å². The molecule has 2 aromatic rings. The van der Waals surface area contributed by atoms with Crippen LogP contribution in [-0.2, 0) is 0 Å². The van der Waals surface area contributed by atoms with Crippen molar-refractivity contribution >= 4 is 11.7 Å². The molecule has 1 aromatic heterocycles. The largest absolute Gasteiger partial charge is 0.477 e. The highest BCUT2D eigenvalue weighted by molar-refractivity contribution is 5.88. The highest BCUT2D eigenvalue weighted by atomic mass is 16.6. The summed E-state index contributed by atoms with van der Waals surface area (Å²) >= 11 is 0. The highest BCUT2D eigenvalue weighted by Gasteiger charge is 2.13. The molecular formula is C14H12N2O4. The maximum absolute atomic E-state index is 11.0. The summed E-state index contributed by atoms with van der Waals surface area (Å²) in [6.07, 6.45) is 0. The first kappa shape index (κ1) is 13.7. The van der Waals surface area contributed by atoms with Crippen molar-refractivity contribution in [3.63, 3.8) is 0 Å². The Bertz CT molecular complexity index is 693. The fourth-order valence-corrected chi connectivity index (χ4v) is 1.91. The Morgan fingerprint density at radius 2 is 1.85 bits per heavy atom. The average molecular weight is 272 g/mol. The second kappa shape index (κ2) is 5.08. The van der Waals surface area contributed by atoms with E-state index in [9.17, 15) is 14.9 Å². The number of hydrogen-bond acceptors (Lipinski definition) is 4. The molecule has 0 bridgehead atoms. The van der Waals surface area contributed by atoms with Gasteiger partial charge in [0.25, 0.3) is 5.69 Å². The normalized spacial score (nSPS) is 10.3. The zero-order valence-electron chi connectivity index (χ0n) is 11.0. The molecule has 0 saturated carbocycles. The highest BCUT2D eigenvalue weighted by Crippen LogP contribution is 2.27. The van der Waals surface area contributed by atoms with Crippen molar-refractivity contribution in [2.75, 3.05) is 0 Å². The van der Waals surface area contributed by atoms with Crippen LogP contribution in [0.25, 0.3) is 11.1 Å². The minimum atomic E-state index is -1.10. The van der Waals surface area contributed by atoms with Crippen LogP contribution in [0.4, 0.5) is 5.69 Å². The Kier molecular flexibility index (Phi) is 3.47. The predicted molar refractivity (Wildman–Crippen MR) is 72.8 cm³/mol. The molecule has 0 fully saturated rings. The number of carboxylic acids is 1. The summed E-state index contributed by atoms with van der Waals surface area (Å²) < 4.78 is 0. The van der Waals surface area contributed by atoms with Crippen molar-refractivity contribution in [3.05, 3.63) is 57.4 Å². The number of nitro benzene ring substituents is 1. The molecule has 1 N–H and O–H groups in total. The lowest BCUT2D eigenvalue weighted by Crippen LogP contribution is -2.04. The smallest absolute Gasteiger partial charge is 0.354 e. The van der Waals surface area contributed by atoms with Gasteiger partial charge in [-0.15, -0.1) is 0 Å². The molecule has 1 heterocycles. The van der Waals surface area contributed by atoms with Crippen molar-refractivity contribution in [1.29, 1.82) is 0 Å². The lowest BCUT2D eigenvalue weighted by molar-refractivity contribution is -0.384. The van der Waals surface area contributed by atoms with E-state index in [0.29, 0.717) is 11.3 Å². The molecule has 0 amide bonds.